The van der Waals surface area contributed by atoms with Crippen molar-refractivity contribution in [3.8, 4) is 5.75 Å². The minimum Gasteiger partial charge on any atom is -0.493 e. The summed E-state index contributed by atoms with van der Waals surface area (Å²) in [5.41, 5.74) is 2.01. The van der Waals surface area contributed by atoms with Gasteiger partial charge in [-0.1, -0.05) is 0 Å². The number of hydrogen-bond donors (Lipinski definition) is 2. The predicted molar refractivity (Wildman–Crippen MR) is 57.9 cm³/mol. The SMILES string of the molecule is c1nc2ccc(OCC3CNC3)cc2[nH]1. The highest BCUT2D eigenvalue weighted by Gasteiger charge is 2.17. The normalized spacial score (nSPS) is 16.5. The second-order valence-corrected chi connectivity index (χ2v) is 3.92. The number of aromatic amines is 1. The molecule has 0 bridgehead atoms. The second-order valence-electron chi connectivity index (χ2n) is 3.92. The molecule has 2 N–H and O–H groups in total. The molecular formula is C11H13N3O. The highest BCUT2D eigenvalue weighted by molar-refractivity contribution is 5.75. The lowest BCUT2D eigenvalue weighted by Crippen LogP contribution is -2.45. The Bertz CT molecular complexity index is 462. The Morgan fingerprint density at radius 1 is 1.40 bits per heavy atom. The first kappa shape index (κ1) is 8.73. The topological polar surface area (TPSA) is 49.9 Å². The molecule has 78 valence electrons. The van der Waals surface area contributed by atoms with Crippen LogP contribution in [0.3, 0.4) is 0 Å². The van der Waals surface area contributed by atoms with Crippen molar-refractivity contribution in [3.63, 3.8) is 0 Å². The van der Waals surface area contributed by atoms with Crippen molar-refractivity contribution in [1.82, 2.24) is 15.3 Å². The van der Waals surface area contributed by atoms with Crippen LogP contribution in [-0.2, 0) is 0 Å². The van der Waals surface area contributed by atoms with E-state index in [0.29, 0.717) is 5.92 Å². The van der Waals surface area contributed by atoms with E-state index in [1.165, 1.54) is 0 Å². The molecule has 0 saturated carbocycles. The van der Waals surface area contributed by atoms with E-state index in [-0.39, 0.29) is 0 Å². The van der Waals surface area contributed by atoms with E-state index in [1.807, 2.05) is 18.2 Å². The monoisotopic (exact) mass is 203 g/mol. The van der Waals surface area contributed by atoms with Gasteiger partial charge in [-0.15, -0.1) is 0 Å². The molecule has 0 unspecified atom stereocenters. The summed E-state index contributed by atoms with van der Waals surface area (Å²) in [5, 5.41) is 3.23. The molecule has 0 radical (unpaired) electrons. The lowest BCUT2D eigenvalue weighted by Gasteiger charge is -2.26. The van der Waals surface area contributed by atoms with E-state index in [4.69, 9.17) is 4.74 Å². The molecule has 15 heavy (non-hydrogen) atoms. The van der Waals surface area contributed by atoms with E-state index >= 15 is 0 Å². The van der Waals surface area contributed by atoms with Crippen molar-refractivity contribution < 1.29 is 4.74 Å². The smallest absolute Gasteiger partial charge is 0.121 e. The number of nitrogens with zero attached hydrogens (tertiary/aromatic N) is 1. The molecule has 1 aromatic heterocycles. The quantitative estimate of drug-likeness (QED) is 0.787. The van der Waals surface area contributed by atoms with Crippen LogP contribution in [0.4, 0.5) is 0 Å². The summed E-state index contributed by atoms with van der Waals surface area (Å²) in [5.74, 6) is 1.58. The molecule has 1 aliphatic heterocycles. The fourth-order valence-corrected chi connectivity index (χ4v) is 1.68. The molecule has 4 nitrogen and oxygen atoms in total. The highest BCUT2D eigenvalue weighted by Crippen LogP contribution is 2.18. The van der Waals surface area contributed by atoms with Gasteiger partial charge in [0.25, 0.3) is 0 Å². The molecule has 1 fully saturated rings. The van der Waals surface area contributed by atoms with Crippen LogP contribution in [0.5, 0.6) is 5.75 Å². The summed E-state index contributed by atoms with van der Waals surface area (Å²) >= 11 is 0. The number of H-pyrrole nitrogens is 1. The lowest BCUT2D eigenvalue weighted by molar-refractivity contribution is 0.199. The summed E-state index contributed by atoms with van der Waals surface area (Å²) in [4.78, 5) is 7.23. The van der Waals surface area contributed by atoms with Crippen LogP contribution in [0, 0.1) is 5.92 Å². The molecule has 1 aliphatic rings. The van der Waals surface area contributed by atoms with Gasteiger partial charge in [-0.25, -0.2) is 4.98 Å². The summed E-state index contributed by atoms with van der Waals surface area (Å²) in [6.07, 6.45) is 1.70. The first-order valence-electron chi connectivity index (χ1n) is 5.18. The molecule has 0 spiro atoms. The fourth-order valence-electron chi connectivity index (χ4n) is 1.68. The van der Waals surface area contributed by atoms with Gasteiger partial charge in [0.15, 0.2) is 0 Å². The number of benzene rings is 1. The van der Waals surface area contributed by atoms with Gasteiger partial charge in [0, 0.05) is 25.1 Å². The van der Waals surface area contributed by atoms with E-state index in [0.717, 1.165) is 36.5 Å². The van der Waals surface area contributed by atoms with Gasteiger partial charge in [-0.2, -0.15) is 0 Å². The Hall–Kier alpha value is -1.55. The van der Waals surface area contributed by atoms with Gasteiger partial charge in [0.2, 0.25) is 0 Å². The number of ether oxygens (including phenoxy) is 1. The fraction of sp³-hybridized carbons (Fsp3) is 0.364. The van der Waals surface area contributed by atoms with Crippen molar-refractivity contribution in [2.24, 2.45) is 5.92 Å². The van der Waals surface area contributed by atoms with E-state index in [2.05, 4.69) is 15.3 Å². The third-order valence-corrected chi connectivity index (χ3v) is 2.74. The molecule has 4 heteroatoms. The Labute approximate surface area is 87.7 Å². The molecule has 0 atom stereocenters. The summed E-state index contributed by atoms with van der Waals surface area (Å²) in [6.45, 7) is 2.95. The van der Waals surface area contributed by atoms with Crippen LogP contribution in [-0.4, -0.2) is 29.7 Å². The van der Waals surface area contributed by atoms with Gasteiger partial charge in [0.05, 0.1) is 24.0 Å². The zero-order valence-electron chi connectivity index (χ0n) is 8.36. The lowest BCUT2D eigenvalue weighted by atomic mass is 10.1. The third-order valence-electron chi connectivity index (χ3n) is 2.74. The summed E-state index contributed by atoms with van der Waals surface area (Å²) < 4.78 is 5.70. The van der Waals surface area contributed by atoms with E-state index < -0.39 is 0 Å². The molecule has 2 heterocycles. The molecule has 3 rings (SSSR count). The van der Waals surface area contributed by atoms with Gasteiger partial charge in [-0.3, -0.25) is 0 Å². The minimum absolute atomic E-state index is 0.669. The van der Waals surface area contributed by atoms with Crippen molar-refractivity contribution in [3.05, 3.63) is 24.5 Å². The van der Waals surface area contributed by atoms with Gasteiger partial charge in [0.1, 0.15) is 5.75 Å². The number of rotatable bonds is 3. The Morgan fingerprint density at radius 3 is 3.13 bits per heavy atom. The van der Waals surface area contributed by atoms with Crippen LogP contribution >= 0.6 is 0 Å². The number of nitrogens with one attached hydrogen (secondary N) is 2. The van der Waals surface area contributed by atoms with Crippen LogP contribution in [0.15, 0.2) is 24.5 Å². The zero-order valence-corrected chi connectivity index (χ0v) is 8.36. The molecule has 1 aromatic carbocycles. The van der Waals surface area contributed by atoms with Crippen LogP contribution in [0.1, 0.15) is 0 Å². The Morgan fingerprint density at radius 2 is 2.33 bits per heavy atom. The zero-order chi connectivity index (χ0) is 10.1. The van der Waals surface area contributed by atoms with Gasteiger partial charge >= 0.3 is 0 Å². The first-order chi connectivity index (χ1) is 7.42. The average Bonchev–Trinajstić information content (AvgIpc) is 2.62. The Kier molecular flexibility index (Phi) is 2.07. The minimum atomic E-state index is 0.669. The number of aromatic nitrogens is 2. The third kappa shape index (κ3) is 1.68. The van der Waals surface area contributed by atoms with E-state index in [9.17, 15) is 0 Å². The standard InChI is InChI=1S/C11H13N3O/c1-2-10-11(14-7-13-10)3-9(1)15-6-8-4-12-5-8/h1-3,7-8,12H,4-6H2,(H,13,14). The van der Waals surface area contributed by atoms with Crippen LogP contribution in [0.25, 0.3) is 11.0 Å². The van der Waals surface area contributed by atoms with Crippen molar-refractivity contribution in [2.45, 2.75) is 0 Å². The van der Waals surface area contributed by atoms with Crippen LogP contribution < -0.4 is 10.1 Å². The number of hydrogen-bond acceptors (Lipinski definition) is 3. The summed E-state index contributed by atoms with van der Waals surface area (Å²) in [7, 11) is 0. The second kappa shape index (κ2) is 3.55. The van der Waals surface area contributed by atoms with Crippen molar-refractivity contribution in [2.75, 3.05) is 19.7 Å². The average molecular weight is 203 g/mol. The van der Waals surface area contributed by atoms with Crippen LogP contribution in [0.2, 0.25) is 0 Å². The maximum Gasteiger partial charge on any atom is 0.121 e. The number of imidazole rings is 1. The molecular weight excluding hydrogens is 190 g/mol. The van der Waals surface area contributed by atoms with E-state index in [1.54, 1.807) is 6.33 Å². The molecule has 0 amide bonds. The Balaban J connectivity index is 1.72. The predicted octanol–water partition coefficient (Wildman–Crippen LogP) is 1.16. The summed E-state index contributed by atoms with van der Waals surface area (Å²) in [6, 6.07) is 5.93. The maximum absolute atomic E-state index is 5.70. The first-order valence-corrected chi connectivity index (χ1v) is 5.18. The highest BCUT2D eigenvalue weighted by atomic mass is 16.5. The van der Waals surface area contributed by atoms with Gasteiger partial charge < -0.3 is 15.0 Å². The molecule has 1 saturated heterocycles. The maximum atomic E-state index is 5.70. The number of fused-ring (bicyclic) bond motifs is 1. The molecule has 2 aromatic rings. The van der Waals surface area contributed by atoms with Crippen molar-refractivity contribution >= 4 is 11.0 Å². The van der Waals surface area contributed by atoms with Crippen molar-refractivity contribution in [1.29, 1.82) is 0 Å². The molecule has 0 aliphatic carbocycles. The van der Waals surface area contributed by atoms with Gasteiger partial charge in [-0.05, 0) is 12.1 Å². The largest absolute Gasteiger partial charge is 0.493 e.